The van der Waals surface area contributed by atoms with Gasteiger partial charge in [-0.15, -0.1) is 0 Å². The van der Waals surface area contributed by atoms with Gasteiger partial charge in [-0.3, -0.25) is 4.90 Å². The Morgan fingerprint density at radius 1 is 1.03 bits per heavy atom. The SMILES string of the molecule is COc1ccc(COC(COCc2ccc(C(=O)O)cc2)CN2CC=CCC2)cc1. The van der Waals surface area contributed by atoms with E-state index in [-0.39, 0.29) is 11.7 Å². The van der Waals surface area contributed by atoms with Crippen LogP contribution in [0.15, 0.2) is 60.7 Å². The lowest BCUT2D eigenvalue weighted by molar-refractivity contribution is -0.0434. The Bertz CT molecular complexity index is 816. The van der Waals surface area contributed by atoms with Gasteiger partial charge in [0, 0.05) is 19.6 Å². The minimum absolute atomic E-state index is 0.0584. The van der Waals surface area contributed by atoms with Crippen LogP contribution >= 0.6 is 0 Å². The molecule has 1 unspecified atom stereocenters. The molecule has 160 valence electrons. The highest BCUT2D eigenvalue weighted by atomic mass is 16.5. The van der Waals surface area contributed by atoms with Gasteiger partial charge in [0.25, 0.3) is 0 Å². The fourth-order valence-electron chi connectivity index (χ4n) is 3.28. The van der Waals surface area contributed by atoms with Crippen LogP contribution in [-0.2, 0) is 22.7 Å². The highest BCUT2D eigenvalue weighted by Gasteiger charge is 2.16. The summed E-state index contributed by atoms with van der Waals surface area (Å²) in [6.45, 7) is 4.15. The van der Waals surface area contributed by atoms with Crippen molar-refractivity contribution in [2.45, 2.75) is 25.7 Å². The summed E-state index contributed by atoms with van der Waals surface area (Å²) in [5.41, 5.74) is 2.30. The summed E-state index contributed by atoms with van der Waals surface area (Å²) in [6.07, 6.45) is 5.40. The number of nitrogens with zero attached hydrogens (tertiary/aromatic N) is 1. The Hall–Kier alpha value is -2.67. The average molecular weight is 411 g/mol. The molecular formula is C24H29NO5. The fraction of sp³-hybridized carbons (Fsp3) is 0.375. The molecule has 0 aromatic heterocycles. The maximum Gasteiger partial charge on any atom is 0.335 e. The van der Waals surface area contributed by atoms with E-state index in [0.29, 0.717) is 19.8 Å². The van der Waals surface area contributed by atoms with E-state index >= 15 is 0 Å². The molecule has 0 saturated heterocycles. The lowest BCUT2D eigenvalue weighted by atomic mass is 10.1. The molecule has 1 atom stereocenters. The summed E-state index contributed by atoms with van der Waals surface area (Å²) in [5.74, 6) is -0.0994. The zero-order valence-electron chi connectivity index (χ0n) is 17.3. The Balaban J connectivity index is 1.52. The molecule has 0 saturated carbocycles. The monoisotopic (exact) mass is 411 g/mol. The molecule has 0 spiro atoms. The number of carbonyl (C=O) groups is 1. The molecule has 0 amide bonds. The van der Waals surface area contributed by atoms with Crippen molar-refractivity contribution >= 4 is 5.97 Å². The second-order valence-corrected chi connectivity index (χ2v) is 7.32. The summed E-state index contributed by atoms with van der Waals surface area (Å²) in [6, 6.07) is 14.6. The molecule has 1 heterocycles. The van der Waals surface area contributed by atoms with E-state index in [4.69, 9.17) is 19.3 Å². The van der Waals surface area contributed by atoms with E-state index in [1.807, 2.05) is 24.3 Å². The van der Waals surface area contributed by atoms with Crippen LogP contribution in [0.3, 0.4) is 0 Å². The van der Waals surface area contributed by atoms with Gasteiger partial charge in [-0.05, 0) is 41.8 Å². The molecule has 6 heteroatoms. The molecule has 0 bridgehead atoms. The first-order chi connectivity index (χ1) is 14.6. The third-order valence-electron chi connectivity index (χ3n) is 5.02. The Morgan fingerprint density at radius 2 is 1.73 bits per heavy atom. The molecule has 30 heavy (non-hydrogen) atoms. The quantitative estimate of drug-likeness (QED) is 0.568. The predicted octanol–water partition coefficient (Wildman–Crippen LogP) is 3.76. The molecule has 6 nitrogen and oxygen atoms in total. The molecule has 0 aliphatic carbocycles. The van der Waals surface area contributed by atoms with Gasteiger partial charge in [0.2, 0.25) is 0 Å². The van der Waals surface area contributed by atoms with E-state index in [1.54, 1.807) is 31.4 Å². The molecule has 3 rings (SSSR count). The molecule has 2 aromatic rings. The van der Waals surface area contributed by atoms with Crippen LogP contribution in [0.4, 0.5) is 0 Å². The third kappa shape index (κ3) is 6.99. The van der Waals surface area contributed by atoms with E-state index in [1.165, 1.54) is 0 Å². The molecular weight excluding hydrogens is 382 g/mol. The number of carboxylic acid groups (broad SMARTS) is 1. The molecule has 0 radical (unpaired) electrons. The Labute approximate surface area is 177 Å². The van der Waals surface area contributed by atoms with Crippen molar-refractivity contribution in [3.05, 3.63) is 77.4 Å². The molecule has 1 aliphatic rings. The molecule has 2 aromatic carbocycles. The summed E-state index contributed by atoms with van der Waals surface area (Å²) in [5, 5.41) is 9.00. The van der Waals surface area contributed by atoms with Crippen LogP contribution in [0.2, 0.25) is 0 Å². The lowest BCUT2D eigenvalue weighted by Crippen LogP contribution is -2.38. The lowest BCUT2D eigenvalue weighted by Gasteiger charge is -2.28. The third-order valence-corrected chi connectivity index (χ3v) is 5.02. The van der Waals surface area contributed by atoms with Crippen molar-refractivity contribution in [3.63, 3.8) is 0 Å². The zero-order valence-corrected chi connectivity index (χ0v) is 17.3. The van der Waals surface area contributed by atoms with Crippen LogP contribution in [0.5, 0.6) is 5.75 Å². The first kappa shape index (κ1) is 22.0. The number of hydrogen-bond acceptors (Lipinski definition) is 5. The molecule has 0 fully saturated rings. The number of hydrogen-bond donors (Lipinski definition) is 1. The highest BCUT2D eigenvalue weighted by molar-refractivity contribution is 5.87. The van der Waals surface area contributed by atoms with Crippen molar-refractivity contribution in [3.8, 4) is 5.75 Å². The van der Waals surface area contributed by atoms with Crippen molar-refractivity contribution in [2.24, 2.45) is 0 Å². The van der Waals surface area contributed by atoms with Gasteiger partial charge in [0.15, 0.2) is 0 Å². The second-order valence-electron chi connectivity index (χ2n) is 7.32. The summed E-state index contributed by atoms with van der Waals surface area (Å²) in [7, 11) is 1.65. The van der Waals surface area contributed by atoms with Gasteiger partial charge in [-0.1, -0.05) is 36.4 Å². The summed E-state index contributed by atoms with van der Waals surface area (Å²) < 4.78 is 17.3. The number of aromatic carboxylic acids is 1. The predicted molar refractivity (Wildman–Crippen MR) is 115 cm³/mol. The normalized spacial score (nSPS) is 15.1. The molecule has 1 aliphatic heterocycles. The summed E-state index contributed by atoms with van der Waals surface area (Å²) in [4.78, 5) is 13.3. The van der Waals surface area contributed by atoms with Crippen molar-refractivity contribution in [2.75, 3.05) is 33.4 Å². The number of ether oxygens (including phenoxy) is 3. The average Bonchev–Trinajstić information content (AvgIpc) is 2.78. The largest absolute Gasteiger partial charge is 0.497 e. The smallest absolute Gasteiger partial charge is 0.335 e. The van der Waals surface area contributed by atoms with Crippen LogP contribution < -0.4 is 4.74 Å². The van der Waals surface area contributed by atoms with Crippen LogP contribution in [-0.4, -0.2) is 55.4 Å². The zero-order chi connectivity index (χ0) is 21.2. The first-order valence-electron chi connectivity index (χ1n) is 10.2. The van der Waals surface area contributed by atoms with Gasteiger partial charge >= 0.3 is 5.97 Å². The van der Waals surface area contributed by atoms with Crippen molar-refractivity contribution in [1.29, 1.82) is 0 Å². The maximum absolute atomic E-state index is 11.0. The first-order valence-corrected chi connectivity index (χ1v) is 10.2. The fourth-order valence-corrected chi connectivity index (χ4v) is 3.28. The molecule has 1 N–H and O–H groups in total. The minimum atomic E-state index is -0.926. The van der Waals surface area contributed by atoms with E-state index in [2.05, 4.69) is 17.1 Å². The summed E-state index contributed by atoms with van der Waals surface area (Å²) >= 11 is 0. The van der Waals surface area contributed by atoms with Gasteiger partial charge in [-0.25, -0.2) is 4.79 Å². The van der Waals surface area contributed by atoms with Gasteiger partial charge in [-0.2, -0.15) is 0 Å². The number of rotatable bonds is 11. The number of carboxylic acids is 1. The van der Waals surface area contributed by atoms with Gasteiger partial charge in [0.05, 0.1) is 38.6 Å². The van der Waals surface area contributed by atoms with Crippen LogP contribution in [0.1, 0.15) is 27.9 Å². The maximum atomic E-state index is 11.0. The van der Waals surface area contributed by atoms with E-state index < -0.39 is 5.97 Å². The van der Waals surface area contributed by atoms with Crippen molar-refractivity contribution < 1.29 is 24.1 Å². The van der Waals surface area contributed by atoms with Crippen LogP contribution in [0.25, 0.3) is 0 Å². The van der Waals surface area contributed by atoms with Crippen LogP contribution in [0, 0.1) is 0 Å². The number of methoxy groups -OCH3 is 1. The topological polar surface area (TPSA) is 68.2 Å². The standard InChI is InChI=1S/C24H29NO5/c1-28-22-11-7-20(8-12-22)17-30-23(15-25-13-3-2-4-14-25)18-29-16-19-5-9-21(10-6-19)24(26)27/h2-3,5-12,23H,4,13-18H2,1H3,(H,26,27). The van der Waals surface area contributed by atoms with Gasteiger partial charge in [0.1, 0.15) is 5.75 Å². The number of benzene rings is 2. The second kappa shape index (κ2) is 11.5. The minimum Gasteiger partial charge on any atom is -0.497 e. The highest BCUT2D eigenvalue weighted by Crippen LogP contribution is 2.14. The Morgan fingerprint density at radius 3 is 2.37 bits per heavy atom. The van der Waals surface area contributed by atoms with E-state index in [0.717, 1.165) is 42.9 Å². The van der Waals surface area contributed by atoms with Gasteiger partial charge < -0.3 is 19.3 Å². The van der Waals surface area contributed by atoms with Crippen molar-refractivity contribution in [1.82, 2.24) is 4.90 Å². The van der Waals surface area contributed by atoms with E-state index in [9.17, 15) is 4.79 Å². The Kier molecular flexibility index (Phi) is 8.44.